The minimum absolute atomic E-state index is 0.0106. The number of rotatable bonds is 8. The van der Waals surface area contributed by atoms with Gasteiger partial charge in [0.15, 0.2) is 15.9 Å². The lowest BCUT2D eigenvalue weighted by Gasteiger charge is -2.14. The minimum Gasteiger partial charge on any atom is -0.495 e. The molecule has 0 bridgehead atoms. The van der Waals surface area contributed by atoms with E-state index in [1.165, 1.54) is 44.4 Å². The molecule has 0 fully saturated rings. The quantitative estimate of drug-likeness (QED) is 0.463. The fourth-order valence-corrected chi connectivity index (χ4v) is 4.69. The van der Waals surface area contributed by atoms with Crippen molar-refractivity contribution in [2.24, 2.45) is 0 Å². The number of carboxylic acids is 1. The van der Waals surface area contributed by atoms with E-state index in [0.717, 1.165) is 12.1 Å². The van der Waals surface area contributed by atoms with Crippen molar-refractivity contribution in [3.63, 3.8) is 0 Å². The van der Waals surface area contributed by atoms with Gasteiger partial charge >= 0.3 is 12.1 Å². The van der Waals surface area contributed by atoms with Crippen LogP contribution in [-0.4, -0.2) is 32.7 Å². The summed E-state index contributed by atoms with van der Waals surface area (Å²) in [6, 6.07) is 15.1. The summed E-state index contributed by atoms with van der Waals surface area (Å²) in [6.45, 7) is 1.34. The monoisotopic (exact) mass is 494 g/mol. The van der Waals surface area contributed by atoms with Gasteiger partial charge in [-0.25, -0.2) is 13.2 Å². The molecule has 0 amide bonds. The van der Waals surface area contributed by atoms with Gasteiger partial charge in [-0.1, -0.05) is 36.4 Å². The summed E-state index contributed by atoms with van der Waals surface area (Å²) < 4.78 is 74.6. The summed E-state index contributed by atoms with van der Waals surface area (Å²) in [7, 11) is -2.55. The van der Waals surface area contributed by atoms with Crippen LogP contribution in [0.1, 0.15) is 18.1 Å². The topological polar surface area (TPSA) is 89.9 Å². The number of alkyl halides is 3. The first-order chi connectivity index (χ1) is 15.9. The molecule has 0 heterocycles. The fraction of sp³-hybridized carbons (Fsp3) is 0.208. The zero-order chi connectivity index (χ0) is 25.1. The summed E-state index contributed by atoms with van der Waals surface area (Å²) in [5.74, 6) is -1.36. The maximum Gasteiger partial charge on any atom is 0.416 e. The molecule has 0 saturated heterocycles. The van der Waals surface area contributed by atoms with E-state index in [1.807, 2.05) is 0 Å². The Bertz CT molecular complexity index is 1270. The van der Waals surface area contributed by atoms with Crippen molar-refractivity contribution in [2.75, 3.05) is 7.11 Å². The number of hydrogen-bond donors (Lipinski definition) is 1. The first-order valence-corrected chi connectivity index (χ1v) is 11.6. The molecule has 0 aromatic heterocycles. The van der Waals surface area contributed by atoms with Gasteiger partial charge in [0.1, 0.15) is 16.4 Å². The number of hydrogen-bond acceptors (Lipinski definition) is 5. The number of methoxy groups -OCH3 is 1. The molecule has 3 aromatic rings. The van der Waals surface area contributed by atoms with Crippen LogP contribution in [0.5, 0.6) is 11.5 Å². The Kier molecular flexibility index (Phi) is 7.21. The van der Waals surface area contributed by atoms with Gasteiger partial charge in [-0.05, 0) is 47.9 Å². The van der Waals surface area contributed by atoms with Crippen LogP contribution in [-0.2, 0) is 26.6 Å². The highest BCUT2D eigenvalue weighted by atomic mass is 32.2. The van der Waals surface area contributed by atoms with Crippen LogP contribution in [0.2, 0.25) is 0 Å². The van der Waals surface area contributed by atoms with Gasteiger partial charge in [0, 0.05) is 6.07 Å². The van der Waals surface area contributed by atoms with Crippen molar-refractivity contribution in [3.05, 3.63) is 77.9 Å². The molecule has 1 unspecified atom stereocenters. The molecule has 0 radical (unpaired) electrons. The standard InChI is InChI=1S/C24H21F3O6S/c1-15(23(28)29)33-20-11-12-22(21(13-20)32-2)34(30,31)14-16-3-5-17(6-4-16)18-7-9-19(10-8-18)24(25,26)27/h3-13,15H,14H2,1-2H3,(H,28,29). The first kappa shape index (κ1) is 25.1. The second kappa shape index (κ2) is 9.76. The number of benzene rings is 3. The van der Waals surface area contributed by atoms with Gasteiger partial charge in [0.05, 0.1) is 18.4 Å². The van der Waals surface area contributed by atoms with Crippen LogP contribution in [0, 0.1) is 0 Å². The normalized spacial score (nSPS) is 12.7. The zero-order valence-electron chi connectivity index (χ0n) is 18.2. The summed E-state index contributed by atoms with van der Waals surface area (Å²) in [4.78, 5) is 10.9. The predicted octanol–water partition coefficient (Wildman–Crippen LogP) is 5.21. The van der Waals surface area contributed by atoms with E-state index in [0.29, 0.717) is 16.7 Å². The lowest BCUT2D eigenvalue weighted by Crippen LogP contribution is -2.22. The average Bonchev–Trinajstić information content (AvgIpc) is 2.78. The molecule has 180 valence electrons. The number of halogens is 3. The Balaban J connectivity index is 1.79. The van der Waals surface area contributed by atoms with Gasteiger partial charge in [-0.15, -0.1) is 0 Å². The SMILES string of the molecule is COc1cc(OC(C)C(=O)O)ccc1S(=O)(=O)Cc1ccc(-c2ccc(C(F)(F)F)cc2)cc1. The zero-order valence-corrected chi connectivity index (χ0v) is 19.0. The maximum atomic E-state index is 13.0. The Morgan fingerprint density at radius 2 is 1.53 bits per heavy atom. The molecule has 0 aliphatic rings. The number of sulfone groups is 1. The molecule has 1 atom stereocenters. The van der Waals surface area contributed by atoms with E-state index in [9.17, 15) is 26.4 Å². The third kappa shape index (κ3) is 5.88. The van der Waals surface area contributed by atoms with Crippen LogP contribution >= 0.6 is 0 Å². The van der Waals surface area contributed by atoms with Crippen molar-refractivity contribution < 1.29 is 41.0 Å². The van der Waals surface area contributed by atoms with Gasteiger partial charge in [-0.2, -0.15) is 13.2 Å². The molecule has 1 N–H and O–H groups in total. The molecule has 0 aliphatic carbocycles. The Morgan fingerprint density at radius 1 is 0.971 bits per heavy atom. The summed E-state index contributed by atoms with van der Waals surface area (Å²) >= 11 is 0. The molecule has 0 aliphatic heterocycles. The fourth-order valence-electron chi connectivity index (χ4n) is 3.17. The van der Waals surface area contributed by atoms with Crippen molar-refractivity contribution in [1.82, 2.24) is 0 Å². The van der Waals surface area contributed by atoms with Crippen molar-refractivity contribution in [1.29, 1.82) is 0 Å². The van der Waals surface area contributed by atoms with Crippen molar-refractivity contribution in [2.45, 2.75) is 29.9 Å². The van der Waals surface area contributed by atoms with E-state index in [-0.39, 0.29) is 22.1 Å². The minimum atomic E-state index is -4.42. The number of carboxylic acid groups (broad SMARTS) is 1. The first-order valence-electron chi connectivity index (χ1n) is 9.97. The number of aliphatic carboxylic acids is 1. The second-order valence-electron chi connectivity index (χ2n) is 7.44. The largest absolute Gasteiger partial charge is 0.495 e. The lowest BCUT2D eigenvalue weighted by atomic mass is 10.0. The van der Waals surface area contributed by atoms with Crippen LogP contribution in [0.4, 0.5) is 13.2 Å². The van der Waals surface area contributed by atoms with E-state index in [4.69, 9.17) is 14.6 Å². The van der Waals surface area contributed by atoms with E-state index in [1.54, 1.807) is 24.3 Å². The van der Waals surface area contributed by atoms with E-state index < -0.39 is 33.7 Å². The molecule has 0 spiro atoms. The van der Waals surface area contributed by atoms with E-state index in [2.05, 4.69) is 0 Å². The third-order valence-electron chi connectivity index (χ3n) is 4.99. The Labute approximate surface area is 194 Å². The molecule has 3 rings (SSSR count). The summed E-state index contributed by atoms with van der Waals surface area (Å²) in [6.07, 6.45) is -5.55. The van der Waals surface area contributed by atoms with Gasteiger partial charge in [0.2, 0.25) is 0 Å². The van der Waals surface area contributed by atoms with Crippen molar-refractivity contribution >= 4 is 15.8 Å². The molecule has 10 heteroatoms. The maximum absolute atomic E-state index is 13.0. The molecular weight excluding hydrogens is 473 g/mol. The predicted molar refractivity (Wildman–Crippen MR) is 118 cm³/mol. The van der Waals surface area contributed by atoms with Crippen LogP contribution in [0.3, 0.4) is 0 Å². The lowest BCUT2D eigenvalue weighted by molar-refractivity contribution is -0.144. The molecule has 6 nitrogen and oxygen atoms in total. The molecular formula is C24H21F3O6S. The van der Waals surface area contributed by atoms with Crippen molar-refractivity contribution in [3.8, 4) is 22.6 Å². The smallest absolute Gasteiger partial charge is 0.416 e. The highest BCUT2D eigenvalue weighted by Gasteiger charge is 2.30. The van der Waals surface area contributed by atoms with Crippen LogP contribution < -0.4 is 9.47 Å². The van der Waals surface area contributed by atoms with Crippen LogP contribution in [0.25, 0.3) is 11.1 Å². The second-order valence-corrected chi connectivity index (χ2v) is 9.40. The summed E-state index contributed by atoms with van der Waals surface area (Å²) in [5, 5.41) is 8.96. The summed E-state index contributed by atoms with van der Waals surface area (Å²) in [5.41, 5.74) is 0.927. The molecule has 0 saturated carbocycles. The van der Waals surface area contributed by atoms with Crippen LogP contribution in [0.15, 0.2) is 71.6 Å². The van der Waals surface area contributed by atoms with Gasteiger partial charge in [0.25, 0.3) is 0 Å². The Morgan fingerprint density at radius 3 is 2.03 bits per heavy atom. The van der Waals surface area contributed by atoms with Gasteiger partial charge < -0.3 is 14.6 Å². The van der Waals surface area contributed by atoms with Gasteiger partial charge in [-0.3, -0.25) is 0 Å². The highest BCUT2D eigenvalue weighted by molar-refractivity contribution is 7.90. The van der Waals surface area contributed by atoms with E-state index >= 15 is 0 Å². The Hall–Kier alpha value is -3.53. The average molecular weight is 494 g/mol. The number of carbonyl (C=O) groups is 1. The highest BCUT2D eigenvalue weighted by Crippen LogP contribution is 2.33. The number of ether oxygens (including phenoxy) is 2. The third-order valence-corrected chi connectivity index (χ3v) is 6.71. The molecule has 3 aromatic carbocycles. The molecule has 34 heavy (non-hydrogen) atoms.